The molecule has 1 fully saturated rings. The van der Waals surface area contributed by atoms with Gasteiger partial charge in [0.15, 0.2) is 0 Å². The Bertz CT molecular complexity index is 396. The number of aryl methyl sites for hydroxylation is 1. The lowest BCUT2D eigenvalue weighted by atomic mass is 10.2. The maximum Gasteiger partial charge on any atom is 0.267 e. The van der Waals surface area contributed by atoms with E-state index in [1.165, 1.54) is 11.5 Å². The Kier molecular flexibility index (Phi) is 4.34. The number of likely N-dealkylation sites (tertiary alicyclic amines) is 1. The molecular formula is C11H16ClN3OS. The molecule has 1 aromatic heterocycles. The van der Waals surface area contributed by atoms with Crippen LogP contribution in [0.3, 0.4) is 0 Å². The van der Waals surface area contributed by atoms with Crippen molar-refractivity contribution in [2.24, 2.45) is 0 Å². The van der Waals surface area contributed by atoms with Crippen molar-refractivity contribution in [3.8, 4) is 0 Å². The third-order valence-electron chi connectivity index (χ3n) is 3.05. The highest BCUT2D eigenvalue weighted by Crippen LogP contribution is 2.23. The predicted octanol–water partition coefficient (Wildman–Crippen LogP) is 2.33. The summed E-state index contributed by atoms with van der Waals surface area (Å²) in [5.41, 5.74) is 0.836. The summed E-state index contributed by atoms with van der Waals surface area (Å²) in [5, 5.41) is 4.04. The first-order chi connectivity index (χ1) is 8.27. The van der Waals surface area contributed by atoms with E-state index in [9.17, 15) is 4.79 Å². The molecule has 6 heteroatoms. The standard InChI is InChI=1S/C11H16ClN3OS/c1-2-4-9-10(17-14-13-9)11(16)15-6-3-5-8(15)7-12/h8H,2-7H2,1H3. The van der Waals surface area contributed by atoms with Gasteiger partial charge in [0, 0.05) is 18.5 Å². The number of alkyl halides is 1. The van der Waals surface area contributed by atoms with Crippen LogP contribution in [0.1, 0.15) is 41.6 Å². The van der Waals surface area contributed by atoms with Gasteiger partial charge in [-0.15, -0.1) is 16.7 Å². The monoisotopic (exact) mass is 273 g/mol. The Labute approximate surface area is 110 Å². The Morgan fingerprint density at radius 3 is 3.18 bits per heavy atom. The van der Waals surface area contributed by atoms with Crippen molar-refractivity contribution in [2.75, 3.05) is 12.4 Å². The topological polar surface area (TPSA) is 46.1 Å². The fourth-order valence-electron chi connectivity index (χ4n) is 2.17. The van der Waals surface area contributed by atoms with Crippen molar-refractivity contribution in [2.45, 2.75) is 38.6 Å². The SMILES string of the molecule is CCCc1nnsc1C(=O)N1CCCC1CCl. The molecule has 1 aliphatic rings. The zero-order valence-electron chi connectivity index (χ0n) is 9.86. The summed E-state index contributed by atoms with van der Waals surface area (Å²) in [6, 6.07) is 0.181. The summed E-state index contributed by atoms with van der Waals surface area (Å²) < 4.78 is 3.90. The highest BCUT2D eigenvalue weighted by atomic mass is 35.5. The normalized spacial score (nSPS) is 19.9. The average Bonchev–Trinajstić information content (AvgIpc) is 2.96. The van der Waals surface area contributed by atoms with Gasteiger partial charge in [-0.25, -0.2) is 0 Å². The number of amides is 1. The largest absolute Gasteiger partial charge is 0.334 e. The van der Waals surface area contributed by atoms with Crippen molar-refractivity contribution in [1.29, 1.82) is 0 Å². The van der Waals surface area contributed by atoms with E-state index in [4.69, 9.17) is 11.6 Å². The van der Waals surface area contributed by atoms with E-state index < -0.39 is 0 Å². The smallest absolute Gasteiger partial charge is 0.267 e. The van der Waals surface area contributed by atoms with E-state index in [0.29, 0.717) is 10.8 Å². The number of nitrogens with zero attached hydrogens (tertiary/aromatic N) is 3. The Balaban J connectivity index is 2.15. The molecule has 1 atom stereocenters. The van der Waals surface area contributed by atoms with Crippen molar-refractivity contribution >= 4 is 29.0 Å². The summed E-state index contributed by atoms with van der Waals surface area (Å²) in [6.45, 7) is 2.88. The van der Waals surface area contributed by atoms with Crippen molar-refractivity contribution in [3.05, 3.63) is 10.6 Å². The van der Waals surface area contributed by atoms with Crippen molar-refractivity contribution < 1.29 is 4.79 Å². The zero-order valence-corrected chi connectivity index (χ0v) is 11.4. The van der Waals surface area contributed by atoms with Crippen LogP contribution in [0.4, 0.5) is 0 Å². The molecular weight excluding hydrogens is 258 g/mol. The van der Waals surface area contributed by atoms with E-state index in [1.54, 1.807) is 0 Å². The molecule has 94 valence electrons. The van der Waals surface area contributed by atoms with Gasteiger partial charge in [-0.2, -0.15) is 0 Å². The van der Waals surface area contributed by atoms with Gasteiger partial charge >= 0.3 is 0 Å². The number of hydrogen-bond donors (Lipinski definition) is 0. The van der Waals surface area contributed by atoms with E-state index in [2.05, 4.69) is 16.5 Å². The van der Waals surface area contributed by atoms with Gasteiger partial charge in [0.2, 0.25) is 0 Å². The predicted molar refractivity (Wildman–Crippen MR) is 68.7 cm³/mol. The maximum atomic E-state index is 12.4. The lowest BCUT2D eigenvalue weighted by molar-refractivity contribution is 0.0752. The quantitative estimate of drug-likeness (QED) is 0.791. The third kappa shape index (κ3) is 2.60. The van der Waals surface area contributed by atoms with Crippen LogP contribution in [-0.2, 0) is 6.42 Å². The van der Waals surface area contributed by atoms with E-state index in [0.717, 1.165) is 37.9 Å². The van der Waals surface area contributed by atoms with Gasteiger partial charge < -0.3 is 4.90 Å². The summed E-state index contributed by atoms with van der Waals surface area (Å²) in [5.74, 6) is 0.577. The molecule has 0 aliphatic carbocycles. The molecule has 2 rings (SSSR count). The van der Waals surface area contributed by atoms with Crippen molar-refractivity contribution in [1.82, 2.24) is 14.5 Å². The average molecular weight is 274 g/mol. The molecule has 0 N–H and O–H groups in total. The summed E-state index contributed by atoms with van der Waals surface area (Å²) >= 11 is 7.09. The summed E-state index contributed by atoms with van der Waals surface area (Å²) in [6.07, 6.45) is 3.84. The molecule has 2 heterocycles. The maximum absolute atomic E-state index is 12.4. The van der Waals surface area contributed by atoms with Gasteiger partial charge in [0.05, 0.1) is 5.69 Å². The Hall–Kier alpha value is -0.680. The Morgan fingerprint density at radius 2 is 2.47 bits per heavy atom. The van der Waals surface area contributed by atoms with Crippen LogP contribution in [0.5, 0.6) is 0 Å². The zero-order chi connectivity index (χ0) is 12.3. The fourth-order valence-corrected chi connectivity index (χ4v) is 3.15. The van der Waals surface area contributed by atoms with E-state index in [-0.39, 0.29) is 11.9 Å². The second-order valence-electron chi connectivity index (χ2n) is 4.25. The minimum absolute atomic E-state index is 0.0617. The minimum Gasteiger partial charge on any atom is -0.334 e. The van der Waals surface area contributed by atoms with Gasteiger partial charge in [-0.05, 0) is 30.8 Å². The first-order valence-corrected chi connectivity index (χ1v) is 7.26. The van der Waals surface area contributed by atoms with Crippen LogP contribution >= 0.6 is 23.1 Å². The molecule has 0 saturated carbocycles. The molecule has 1 amide bonds. The van der Waals surface area contributed by atoms with Crippen LogP contribution in [0, 0.1) is 0 Å². The molecule has 0 bridgehead atoms. The minimum atomic E-state index is 0.0617. The molecule has 0 aromatic carbocycles. The van der Waals surface area contributed by atoms with E-state index >= 15 is 0 Å². The Morgan fingerprint density at radius 1 is 1.65 bits per heavy atom. The summed E-state index contributed by atoms with van der Waals surface area (Å²) in [7, 11) is 0. The lowest BCUT2D eigenvalue weighted by Gasteiger charge is -2.22. The number of rotatable bonds is 4. The highest BCUT2D eigenvalue weighted by molar-refractivity contribution is 7.08. The fraction of sp³-hybridized carbons (Fsp3) is 0.727. The van der Waals surface area contributed by atoms with E-state index in [1.807, 2.05) is 4.90 Å². The van der Waals surface area contributed by atoms with Gasteiger partial charge in [-0.3, -0.25) is 4.79 Å². The number of carbonyl (C=O) groups excluding carboxylic acids is 1. The van der Waals surface area contributed by atoms with Gasteiger partial charge in [0.1, 0.15) is 4.88 Å². The van der Waals surface area contributed by atoms with Crippen LogP contribution in [0.15, 0.2) is 0 Å². The number of carbonyl (C=O) groups is 1. The van der Waals surface area contributed by atoms with Crippen LogP contribution in [0.2, 0.25) is 0 Å². The van der Waals surface area contributed by atoms with Crippen LogP contribution < -0.4 is 0 Å². The molecule has 1 aromatic rings. The van der Waals surface area contributed by atoms with Crippen molar-refractivity contribution in [3.63, 3.8) is 0 Å². The first kappa shape index (κ1) is 12.8. The lowest BCUT2D eigenvalue weighted by Crippen LogP contribution is -2.36. The first-order valence-electron chi connectivity index (χ1n) is 5.96. The summed E-state index contributed by atoms with van der Waals surface area (Å²) in [4.78, 5) is 14.9. The molecule has 1 unspecified atom stereocenters. The van der Waals surface area contributed by atoms with Crippen LogP contribution in [0.25, 0.3) is 0 Å². The van der Waals surface area contributed by atoms with Gasteiger partial charge in [-0.1, -0.05) is 17.8 Å². The number of aromatic nitrogens is 2. The van der Waals surface area contributed by atoms with Gasteiger partial charge in [0.25, 0.3) is 5.91 Å². The molecule has 1 aliphatic heterocycles. The third-order valence-corrected chi connectivity index (χ3v) is 4.17. The molecule has 0 radical (unpaired) electrons. The number of halogens is 1. The molecule has 4 nitrogen and oxygen atoms in total. The molecule has 1 saturated heterocycles. The second-order valence-corrected chi connectivity index (χ2v) is 5.31. The number of hydrogen-bond acceptors (Lipinski definition) is 4. The van der Waals surface area contributed by atoms with Crippen LogP contribution in [-0.4, -0.2) is 38.9 Å². The highest BCUT2D eigenvalue weighted by Gasteiger charge is 2.31. The second kappa shape index (κ2) is 5.78. The molecule has 0 spiro atoms. The molecule has 17 heavy (non-hydrogen) atoms.